The number of hydrogen-bond donors (Lipinski definition) is 1. The van der Waals surface area contributed by atoms with E-state index in [1.807, 2.05) is 0 Å². The summed E-state index contributed by atoms with van der Waals surface area (Å²) in [5.41, 5.74) is 5.95. The van der Waals surface area contributed by atoms with Crippen LogP contribution in [0.2, 0.25) is 5.02 Å². The standard InChI is InChI=1S/C9H7ClN4O2/c10-7-5-6(14(15)16)1-2-8(7)13-4-3-9(11)12-13/h1-5H,(H2,11,12). The number of non-ortho nitro benzene ring substituents is 1. The molecule has 0 saturated carbocycles. The average Bonchev–Trinajstić information content (AvgIpc) is 2.64. The molecule has 0 fully saturated rings. The van der Waals surface area contributed by atoms with E-state index in [2.05, 4.69) is 5.10 Å². The van der Waals surface area contributed by atoms with E-state index in [-0.39, 0.29) is 10.7 Å². The van der Waals surface area contributed by atoms with Gasteiger partial charge in [0.25, 0.3) is 5.69 Å². The number of benzene rings is 1. The molecule has 0 aliphatic carbocycles. The fourth-order valence-corrected chi connectivity index (χ4v) is 1.53. The fourth-order valence-electron chi connectivity index (χ4n) is 1.27. The van der Waals surface area contributed by atoms with Gasteiger partial charge in [0.2, 0.25) is 0 Å². The second-order valence-electron chi connectivity index (χ2n) is 3.08. The number of nitro benzene ring substituents is 1. The second kappa shape index (κ2) is 3.82. The second-order valence-corrected chi connectivity index (χ2v) is 3.49. The van der Waals surface area contributed by atoms with Gasteiger partial charge in [0.1, 0.15) is 5.82 Å². The SMILES string of the molecule is Nc1ccn(-c2ccc([N+](=O)[O-])cc2Cl)n1. The minimum absolute atomic E-state index is 0.0612. The largest absolute Gasteiger partial charge is 0.382 e. The van der Waals surface area contributed by atoms with Crippen LogP contribution in [0.5, 0.6) is 0 Å². The lowest BCUT2D eigenvalue weighted by Crippen LogP contribution is -1.98. The van der Waals surface area contributed by atoms with Crippen molar-refractivity contribution in [2.24, 2.45) is 0 Å². The molecule has 1 heterocycles. The quantitative estimate of drug-likeness (QED) is 0.640. The van der Waals surface area contributed by atoms with Gasteiger partial charge in [-0.1, -0.05) is 11.6 Å². The molecule has 0 amide bonds. The van der Waals surface area contributed by atoms with Gasteiger partial charge in [0.05, 0.1) is 15.6 Å². The summed E-state index contributed by atoms with van der Waals surface area (Å²) < 4.78 is 1.46. The van der Waals surface area contributed by atoms with E-state index in [0.29, 0.717) is 11.5 Å². The highest BCUT2D eigenvalue weighted by Crippen LogP contribution is 2.25. The zero-order valence-electron chi connectivity index (χ0n) is 8.00. The van der Waals surface area contributed by atoms with Gasteiger partial charge in [-0.2, -0.15) is 5.10 Å². The zero-order chi connectivity index (χ0) is 11.7. The van der Waals surface area contributed by atoms with E-state index < -0.39 is 4.92 Å². The van der Waals surface area contributed by atoms with E-state index in [0.717, 1.165) is 0 Å². The minimum Gasteiger partial charge on any atom is -0.382 e. The number of hydrogen-bond acceptors (Lipinski definition) is 4. The minimum atomic E-state index is -0.507. The maximum Gasteiger partial charge on any atom is 0.271 e. The predicted octanol–water partition coefficient (Wildman–Crippen LogP) is 2.02. The first-order valence-corrected chi connectivity index (χ1v) is 4.71. The lowest BCUT2D eigenvalue weighted by molar-refractivity contribution is -0.384. The maximum atomic E-state index is 10.5. The molecule has 1 aromatic heterocycles. The summed E-state index contributed by atoms with van der Waals surface area (Å²) in [5.74, 6) is 0.356. The van der Waals surface area contributed by atoms with Gasteiger partial charge in [0, 0.05) is 24.4 Å². The van der Waals surface area contributed by atoms with Crippen LogP contribution in [0.15, 0.2) is 30.5 Å². The molecule has 0 radical (unpaired) electrons. The number of nitrogens with two attached hydrogens (primary N) is 1. The van der Waals surface area contributed by atoms with Crippen LogP contribution in [0.1, 0.15) is 0 Å². The van der Waals surface area contributed by atoms with Crippen molar-refractivity contribution in [1.82, 2.24) is 9.78 Å². The van der Waals surface area contributed by atoms with Crippen LogP contribution in [0.4, 0.5) is 11.5 Å². The van der Waals surface area contributed by atoms with Gasteiger partial charge in [-0.25, -0.2) is 4.68 Å². The van der Waals surface area contributed by atoms with E-state index in [1.165, 1.54) is 22.9 Å². The van der Waals surface area contributed by atoms with Crippen molar-refractivity contribution in [2.45, 2.75) is 0 Å². The molecule has 82 valence electrons. The third-order valence-corrected chi connectivity index (χ3v) is 2.30. The van der Waals surface area contributed by atoms with Crippen molar-refractivity contribution >= 4 is 23.1 Å². The van der Waals surface area contributed by atoms with Crippen molar-refractivity contribution in [2.75, 3.05) is 5.73 Å². The Morgan fingerprint density at radius 2 is 2.19 bits per heavy atom. The molecule has 0 bridgehead atoms. The molecular weight excluding hydrogens is 232 g/mol. The molecule has 16 heavy (non-hydrogen) atoms. The van der Waals surface area contributed by atoms with Gasteiger partial charge in [-0.05, 0) is 6.07 Å². The molecule has 0 aliphatic rings. The normalized spacial score (nSPS) is 10.3. The van der Waals surface area contributed by atoms with Crippen molar-refractivity contribution in [1.29, 1.82) is 0 Å². The van der Waals surface area contributed by atoms with Gasteiger partial charge >= 0.3 is 0 Å². The number of nitrogen functional groups attached to an aromatic ring is 1. The number of anilines is 1. The topological polar surface area (TPSA) is 87.0 Å². The summed E-state index contributed by atoms with van der Waals surface area (Å²) >= 11 is 5.91. The van der Waals surface area contributed by atoms with Crippen LogP contribution >= 0.6 is 11.6 Å². The van der Waals surface area contributed by atoms with E-state index in [4.69, 9.17) is 17.3 Å². The lowest BCUT2D eigenvalue weighted by Gasteiger charge is -2.03. The maximum absolute atomic E-state index is 10.5. The van der Waals surface area contributed by atoms with Crippen LogP contribution in [-0.4, -0.2) is 14.7 Å². The summed E-state index contributed by atoms with van der Waals surface area (Å²) in [6.07, 6.45) is 1.63. The Labute approximate surface area is 95.4 Å². The van der Waals surface area contributed by atoms with Crippen LogP contribution in [0, 0.1) is 10.1 Å². The third kappa shape index (κ3) is 1.82. The highest BCUT2D eigenvalue weighted by molar-refractivity contribution is 6.32. The fraction of sp³-hybridized carbons (Fsp3) is 0. The Morgan fingerprint density at radius 3 is 2.69 bits per heavy atom. The molecule has 2 rings (SSSR count). The Morgan fingerprint density at radius 1 is 1.44 bits per heavy atom. The molecule has 1 aromatic carbocycles. The molecule has 0 spiro atoms. The van der Waals surface area contributed by atoms with Crippen LogP contribution in [0.25, 0.3) is 5.69 Å². The number of halogens is 1. The Bertz CT molecular complexity index is 552. The molecule has 0 atom stereocenters. The smallest absolute Gasteiger partial charge is 0.271 e. The van der Waals surface area contributed by atoms with Gasteiger partial charge in [0.15, 0.2) is 0 Å². The summed E-state index contributed by atoms with van der Waals surface area (Å²) in [7, 11) is 0. The van der Waals surface area contributed by atoms with E-state index in [9.17, 15) is 10.1 Å². The van der Waals surface area contributed by atoms with Gasteiger partial charge in [-0.3, -0.25) is 10.1 Å². The highest BCUT2D eigenvalue weighted by atomic mass is 35.5. The molecule has 7 heteroatoms. The van der Waals surface area contributed by atoms with Crippen LogP contribution in [-0.2, 0) is 0 Å². The van der Waals surface area contributed by atoms with Crippen LogP contribution < -0.4 is 5.73 Å². The molecule has 6 nitrogen and oxygen atoms in total. The van der Waals surface area contributed by atoms with E-state index in [1.54, 1.807) is 12.3 Å². The molecular formula is C9H7ClN4O2. The highest BCUT2D eigenvalue weighted by Gasteiger charge is 2.10. The van der Waals surface area contributed by atoms with E-state index >= 15 is 0 Å². The number of rotatable bonds is 2. The Balaban J connectivity index is 2.47. The zero-order valence-corrected chi connectivity index (χ0v) is 8.76. The third-order valence-electron chi connectivity index (χ3n) is 2.00. The number of nitro groups is 1. The van der Waals surface area contributed by atoms with Crippen molar-refractivity contribution in [3.8, 4) is 5.69 Å². The average molecular weight is 239 g/mol. The molecule has 2 N–H and O–H groups in total. The van der Waals surface area contributed by atoms with Crippen molar-refractivity contribution in [3.63, 3.8) is 0 Å². The summed E-state index contributed by atoms with van der Waals surface area (Å²) in [5, 5.41) is 14.7. The first-order valence-electron chi connectivity index (χ1n) is 4.33. The molecule has 2 aromatic rings. The first-order chi connectivity index (χ1) is 7.58. The predicted molar refractivity (Wildman–Crippen MR) is 59.6 cm³/mol. The number of nitrogens with zero attached hydrogens (tertiary/aromatic N) is 3. The van der Waals surface area contributed by atoms with Crippen LogP contribution in [0.3, 0.4) is 0 Å². The van der Waals surface area contributed by atoms with Crippen molar-refractivity contribution < 1.29 is 4.92 Å². The molecule has 0 aliphatic heterocycles. The molecule has 0 saturated heterocycles. The molecule has 0 unspecified atom stereocenters. The monoisotopic (exact) mass is 238 g/mol. The summed E-state index contributed by atoms with van der Waals surface area (Å²) in [6.45, 7) is 0. The van der Waals surface area contributed by atoms with Crippen molar-refractivity contribution in [3.05, 3.63) is 45.6 Å². The Hall–Kier alpha value is -2.08. The summed E-state index contributed by atoms with van der Waals surface area (Å²) in [4.78, 5) is 10.0. The first kappa shape index (κ1) is 10.4. The summed E-state index contributed by atoms with van der Waals surface area (Å²) in [6, 6.07) is 5.76. The number of aromatic nitrogens is 2. The Kier molecular flexibility index (Phi) is 2.49. The van der Waals surface area contributed by atoms with Gasteiger partial charge < -0.3 is 5.73 Å². The van der Waals surface area contributed by atoms with Gasteiger partial charge in [-0.15, -0.1) is 0 Å². The lowest BCUT2D eigenvalue weighted by atomic mass is 10.3.